The minimum atomic E-state index is -0.189. The molecule has 2 amide bonds. The largest absolute Gasteiger partial charge is 0.495 e. The second kappa shape index (κ2) is 7.17. The number of methoxy groups -OCH3 is 1. The Balaban J connectivity index is 1.65. The average molecular weight is 346 g/mol. The Bertz CT molecular complexity index is 714. The minimum Gasteiger partial charge on any atom is -0.495 e. The summed E-state index contributed by atoms with van der Waals surface area (Å²) < 4.78 is 5.31. The van der Waals surface area contributed by atoms with Crippen LogP contribution in [0.4, 0.5) is 4.79 Å². The van der Waals surface area contributed by atoms with E-state index >= 15 is 0 Å². The molecule has 1 fully saturated rings. The number of pyridine rings is 1. The van der Waals surface area contributed by atoms with Gasteiger partial charge in [-0.15, -0.1) is 11.3 Å². The lowest BCUT2D eigenvalue weighted by atomic mass is 10.1. The van der Waals surface area contributed by atoms with Crippen molar-refractivity contribution in [2.45, 2.75) is 38.8 Å². The molecule has 0 saturated heterocycles. The maximum Gasteiger partial charge on any atom is 0.315 e. The Kier molecular flexibility index (Phi) is 4.99. The van der Waals surface area contributed by atoms with Gasteiger partial charge in [-0.1, -0.05) is 0 Å². The van der Waals surface area contributed by atoms with Crippen LogP contribution in [0.1, 0.15) is 48.1 Å². The molecule has 6 nitrogen and oxygen atoms in total. The van der Waals surface area contributed by atoms with Gasteiger partial charge in [-0.05, 0) is 38.7 Å². The lowest BCUT2D eigenvalue weighted by Gasteiger charge is -2.20. The van der Waals surface area contributed by atoms with Gasteiger partial charge in [0.25, 0.3) is 0 Å². The SMILES string of the molecule is COc1cnccc1[C@@H](C)NC(=O)N[C@@H](c1nc(C)cs1)C1CC1. The molecule has 2 aromatic heterocycles. The molecule has 0 aliphatic heterocycles. The van der Waals surface area contributed by atoms with Crippen LogP contribution < -0.4 is 15.4 Å². The summed E-state index contributed by atoms with van der Waals surface area (Å²) in [5.74, 6) is 1.16. The summed E-state index contributed by atoms with van der Waals surface area (Å²) in [5.41, 5.74) is 1.90. The summed E-state index contributed by atoms with van der Waals surface area (Å²) >= 11 is 1.61. The maximum atomic E-state index is 12.4. The summed E-state index contributed by atoms with van der Waals surface area (Å²) in [6.07, 6.45) is 5.62. The zero-order valence-corrected chi connectivity index (χ0v) is 14.9. The van der Waals surface area contributed by atoms with E-state index in [-0.39, 0.29) is 18.1 Å². The van der Waals surface area contributed by atoms with Crippen LogP contribution in [0.25, 0.3) is 0 Å². The number of aryl methyl sites for hydroxylation is 1. The van der Waals surface area contributed by atoms with Crippen LogP contribution in [0, 0.1) is 12.8 Å². The molecular weight excluding hydrogens is 324 g/mol. The molecule has 0 spiro atoms. The van der Waals surface area contributed by atoms with Crippen LogP contribution in [0.3, 0.4) is 0 Å². The van der Waals surface area contributed by atoms with Crippen molar-refractivity contribution < 1.29 is 9.53 Å². The molecule has 1 aliphatic carbocycles. The van der Waals surface area contributed by atoms with Gasteiger partial charge in [0.15, 0.2) is 0 Å². The molecule has 0 aromatic carbocycles. The highest BCUT2D eigenvalue weighted by atomic mass is 32.1. The molecule has 2 heterocycles. The maximum absolute atomic E-state index is 12.4. The van der Waals surface area contributed by atoms with Crippen LogP contribution in [0.2, 0.25) is 0 Å². The summed E-state index contributed by atoms with van der Waals surface area (Å²) in [4.78, 5) is 21.0. The molecule has 128 valence electrons. The fourth-order valence-corrected chi connectivity index (χ4v) is 3.64. The topological polar surface area (TPSA) is 76.1 Å². The van der Waals surface area contributed by atoms with E-state index in [1.165, 1.54) is 0 Å². The van der Waals surface area contributed by atoms with E-state index in [9.17, 15) is 4.79 Å². The summed E-state index contributed by atoms with van der Waals surface area (Å²) in [6.45, 7) is 3.90. The van der Waals surface area contributed by atoms with Gasteiger partial charge < -0.3 is 15.4 Å². The van der Waals surface area contributed by atoms with E-state index < -0.39 is 0 Å². The zero-order chi connectivity index (χ0) is 17.1. The molecular formula is C17H22N4O2S. The van der Waals surface area contributed by atoms with Crippen molar-refractivity contribution in [3.63, 3.8) is 0 Å². The third kappa shape index (κ3) is 3.84. The van der Waals surface area contributed by atoms with E-state index in [1.54, 1.807) is 30.8 Å². The van der Waals surface area contributed by atoms with Gasteiger partial charge in [0.2, 0.25) is 0 Å². The number of amides is 2. The number of thiazole rings is 1. The molecule has 0 unspecified atom stereocenters. The Morgan fingerprint density at radius 3 is 2.83 bits per heavy atom. The van der Waals surface area contributed by atoms with Crippen LogP contribution in [-0.4, -0.2) is 23.1 Å². The zero-order valence-electron chi connectivity index (χ0n) is 14.1. The third-order valence-electron chi connectivity index (χ3n) is 4.13. The number of rotatable bonds is 6. The number of carbonyl (C=O) groups is 1. The number of aromatic nitrogens is 2. The molecule has 1 aliphatic rings. The summed E-state index contributed by atoms with van der Waals surface area (Å²) in [5, 5.41) is 9.08. The average Bonchev–Trinajstić information content (AvgIpc) is 3.33. The van der Waals surface area contributed by atoms with Gasteiger partial charge in [-0.2, -0.15) is 0 Å². The minimum absolute atomic E-state index is 0.00441. The monoisotopic (exact) mass is 346 g/mol. The number of hydrogen-bond acceptors (Lipinski definition) is 5. The first-order valence-corrected chi connectivity index (χ1v) is 8.93. The quantitative estimate of drug-likeness (QED) is 0.841. The van der Waals surface area contributed by atoms with Gasteiger partial charge in [0, 0.05) is 22.8 Å². The van der Waals surface area contributed by atoms with Crippen molar-refractivity contribution in [2.75, 3.05) is 7.11 Å². The van der Waals surface area contributed by atoms with E-state index in [4.69, 9.17) is 4.74 Å². The normalized spacial score (nSPS) is 16.3. The fraction of sp³-hybridized carbons (Fsp3) is 0.471. The standard InChI is InChI=1S/C17H22N4O2S/c1-10-9-24-16(19-10)15(12-4-5-12)21-17(22)20-11(2)13-6-7-18-8-14(13)23-3/h6-9,11-12,15H,4-5H2,1-3H3,(H2,20,21,22)/t11-,15-/m1/s1. The number of hydrogen-bond donors (Lipinski definition) is 2. The van der Waals surface area contributed by atoms with E-state index in [2.05, 4.69) is 20.6 Å². The lowest BCUT2D eigenvalue weighted by Crippen LogP contribution is -2.40. The van der Waals surface area contributed by atoms with E-state index in [0.717, 1.165) is 29.1 Å². The molecule has 2 N–H and O–H groups in total. The predicted octanol–water partition coefficient (Wildman–Crippen LogP) is 3.37. The van der Waals surface area contributed by atoms with Crippen molar-refractivity contribution in [1.82, 2.24) is 20.6 Å². The molecule has 0 bridgehead atoms. The van der Waals surface area contributed by atoms with Crippen LogP contribution in [0.15, 0.2) is 23.8 Å². The number of nitrogens with zero attached hydrogens (tertiary/aromatic N) is 2. The first kappa shape index (κ1) is 16.7. The second-order valence-corrected chi connectivity index (χ2v) is 6.99. The first-order valence-electron chi connectivity index (χ1n) is 8.05. The number of ether oxygens (including phenoxy) is 1. The number of carbonyl (C=O) groups excluding carboxylic acids is 1. The van der Waals surface area contributed by atoms with Crippen molar-refractivity contribution in [3.05, 3.63) is 40.1 Å². The van der Waals surface area contributed by atoms with Gasteiger partial charge in [0.05, 0.1) is 25.4 Å². The molecule has 7 heteroatoms. The van der Waals surface area contributed by atoms with Crippen molar-refractivity contribution in [3.8, 4) is 5.75 Å². The Morgan fingerprint density at radius 2 is 2.21 bits per heavy atom. The van der Waals surface area contributed by atoms with Crippen molar-refractivity contribution in [1.29, 1.82) is 0 Å². The predicted molar refractivity (Wildman–Crippen MR) is 93.2 cm³/mol. The molecule has 0 radical (unpaired) electrons. The van der Waals surface area contributed by atoms with E-state index in [1.807, 2.05) is 25.3 Å². The van der Waals surface area contributed by atoms with Crippen LogP contribution >= 0.6 is 11.3 Å². The summed E-state index contributed by atoms with van der Waals surface area (Å²) in [7, 11) is 1.60. The van der Waals surface area contributed by atoms with Crippen molar-refractivity contribution in [2.24, 2.45) is 5.92 Å². The van der Waals surface area contributed by atoms with E-state index in [0.29, 0.717) is 11.7 Å². The first-order chi connectivity index (χ1) is 11.6. The number of urea groups is 1. The molecule has 24 heavy (non-hydrogen) atoms. The van der Waals surface area contributed by atoms with Gasteiger partial charge in [-0.25, -0.2) is 9.78 Å². The Labute approximate surface area is 145 Å². The van der Waals surface area contributed by atoms with Crippen LogP contribution in [0.5, 0.6) is 5.75 Å². The second-order valence-electron chi connectivity index (χ2n) is 6.10. The summed E-state index contributed by atoms with van der Waals surface area (Å²) in [6, 6.07) is 1.48. The highest BCUT2D eigenvalue weighted by Crippen LogP contribution is 2.41. The van der Waals surface area contributed by atoms with Gasteiger partial charge in [-0.3, -0.25) is 4.98 Å². The Morgan fingerprint density at radius 1 is 1.42 bits per heavy atom. The lowest BCUT2D eigenvalue weighted by molar-refractivity contribution is 0.232. The van der Waals surface area contributed by atoms with Crippen molar-refractivity contribution >= 4 is 17.4 Å². The third-order valence-corrected chi connectivity index (χ3v) is 5.18. The molecule has 1 saturated carbocycles. The number of nitrogens with one attached hydrogen (secondary N) is 2. The molecule has 2 atom stereocenters. The molecule has 2 aromatic rings. The fourth-order valence-electron chi connectivity index (χ4n) is 2.70. The highest BCUT2D eigenvalue weighted by Gasteiger charge is 2.35. The highest BCUT2D eigenvalue weighted by molar-refractivity contribution is 7.09. The van der Waals surface area contributed by atoms with Gasteiger partial charge >= 0.3 is 6.03 Å². The van der Waals surface area contributed by atoms with Gasteiger partial charge in [0.1, 0.15) is 10.8 Å². The molecule has 3 rings (SSSR count). The van der Waals surface area contributed by atoms with Crippen LogP contribution in [-0.2, 0) is 0 Å². The Hall–Kier alpha value is -2.15. The smallest absolute Gasteiger partial charge is 0.315 e.